The molecule has 4 amide bonds. The molecule has 13 nitrogen and oxygen atoms in total. The minimum Gasteiger partial charge on any atom is -0.508 e. The van der Waals surface area contributed by atoms with Crippen molar-refractivity contribution in [1.29, 1.82) is 0 Å². The maximum absolute atomic E-state index is 13.4. The summed E-state index contributed by atoms with van der Waals surface area (Å²) in [5, 5.41) is 36.2. The van der Waals surface area contributed by atoms with Crippen molar-refractivity contribution in [3.63, 3.8) is 0 Å². The third kappa shape index (κ3) is 11.5. The summed E-state index contributed by atoms with van der Waals surface area (Å²) in [4.78, 5) is 62.5. The molecule has 0 saturated heterocycles. The predicted molar refractivity (Wildman–Crippen MR) is 153 cm³/mol. The average molecular weight is 586 g/mol. The van der Waals surface area contributed by atoms with Gasteiger partial charge < -0.3 is 42.7 Å². The van der Waals surface area contributed by atoms with Crippen molar-refractivity contribution in [2.75, 3.05) is 0 Å². The molecule has 0 spiro atoms. The number of hydrogen-bond acceptors (Lipinski definition) is 8. The molecule has 2 aromatic carbocycles. The number of benzene rings is 2. The van der Waals surface area contributed by atoms with Crippen LogP contribution in [0.3, 0.4) is 0 Å². The highest BCUT2D eigenvalue weighted by atomic mass is 16.4. The zero-order valence-corrected chi connectivity index (χ0v) is 23.6. The number of nitrogens with one attached hydrogen (secondary N) is 3. The molecular weight excluding hydrogens is 546 g/mol. The van der Waals surface area contributed by atoms with Gasteiger partial charge in [0.1, 0.15) is 29.6 Å². The Bertz CT molecular complexity index is 1230. The van der Waals surface area contributed by atoms with Crippen LogP contribution in [-0.2, 0) is 36.8 Å². The first-order valence-electron chi connectivity index (χ1n) is 13.5. The highest BCUT2D eigenvalue weighted by Gasteiger charge is 2.31. The summed E-state index contributed by atoms with van der Waals surface area (Å²) < 4.78 is 0. The highest BCUT2D eigenvalue weighted by Crippen LogP contribution is 2.14. The zero-order chi connectivity index (χ0) is 31.4. The fourth-order valence-electron chi connectivity index (χ4n) is 4.13. The van der Waals surface area contributed by atoms with Crippen LogP contribution >= 0.6 is 0 Å². The van der Waals surface area contributed by atoms with Crippen molar-refractivity contribution in [3.8, 4) is 11.5 Å². The molecule has 0 heterocycles. The Morgan fingerprint density at radius 2 is 1.17 bits per heavy atom. The van der Waals surface area contributed by atoms with E-state index in [1.165, 1.54) is 24.3 Å². The lowest BCUT2D eigenvalue weighted by Crippen LogP contribution is -2.58. The quantitative estimate of drug-likeness (QED) is 0.133. The second-order valence-electron chi connectivity index (χ2n) is 10.5. The second kappa shape index (κ2) is 16.0. The molecule has 0 aromatic heterocycles. The van der Waals surface area contributed by atoms with E-state index in [1.807, 2.05) is 13.8 Å². The zero-order valence-electron chi connectivity index (χ0n) is 23.6. The number of nitrogens with two attached hydrogens (primary N) is 2. The van der Waals surface area contributed by atoms with Gasteiger partial charge in [-0.15, -0.1) is 0 Å². The molecule has 0 fully saturated rings. The normalized spacial score (nSPS) is 13.8. The van der Waals surface area contributed by atoms with Gasteiger partial charge in [-0.2, -0.15) is 0 Å². The summed E-state index contributed by atoms with van der Waals surface area (Å²) in [6, 6.07) is 7.29. The molecule has 0 saturated carbocycles. The number of rotatable bonds is 16. The predicted octanol–water partition coefficient (Wildman–Crippen LogP) is 0.0609. The van der Waals surface area contributed by atoms with Gasteiger partial charge in [-0.25, -0.2) is 4.79 Å². The molecular formula is C29H39N5O8. The molecule has 0 aliphatic rings. The molecule has 0 radical (unpaired) electrons. The van der Waals surface area contributed by atoms with E-state index in [4.69, 9.17) is 11.5 Å². The Balaban J connectivity index is 2.22. The van der Waals surface area contributed by atoms with Crippen LogP contribution in [0.1, 0.15) is 44.2 Å². The summed E-state index contributed by atoms with van der Waals surface area (Å²) in [5.74, 6) is -4.20. The van der Waals surface area contributed by atoms with Gasteiger partial charge in [0.2, 0.25) is 23.6 Å². The molecule has 4 unspecified atom stereocenters. The Hall–Kier alpha value is -4.65. The Morgan fingerprint density at radius 3 is 1.64 bits per heavy atom. The fraction of sp³-hybridized carbons (Fsp3) is 0.414. The highest BCUT2D eigenvalue weighted by molar-refractivity contribution is 5.94. The number of carboxylic acid groups (broad SMARTS) is 1. The van der Waals surface area contributed by atoms with Crippen molar-refractivity contribution in [1.82, 2.24) is 16.0 Å². The van der Waals surface area contributed by atoms with Crippen molar-refractivity contribution in [2.24, 2.45) is 17.4 Å². The fourth-order valence-corrected chi connectivity index (χ4v) is 4.13. The lowest BCUT2D eigenvalue weighted by molar-refractivity contribution is -0.142. The lowest BCUT2D eigenvalue weighted by atomic mass is 9.99. The molecule has 2 rings (SSSR count). The first-order valence-corrected chi connectivity index (χ1v) is 13.5. The van der Waals surface area contributed by atoms with Crippen LogP contribution in [0.2, 0.25) is 0 Å². The maximum Gasteiger partial charge on any atom is 0.326 e. The van der Waals surface area contributed by atoms with Crippen molar-refractivity contribution < 1.29 is 39.3 Å². The third-order valence-electron chi connectivity index (χ3n) is 6.37. The van der Waals surface area contributed by atoms with E-state index in [0.717, 1.165) is 0 Å². The molecule has 2 aromatic rings. The average Bonchev–Trinajstić information content (AvgIpc) is 2.91. The molecule has 228 valence electrons. The van der Waals surface area contributed by atoms with Crippen LogP contribution in [0.25, 0.3) is 0 Å². The Labute approximate surface area is 243 Å². The van der Waals surface area contributed by atoms with E-state index >= 15 is 0 Å². The number of phenolic OH excluding ortho intramolecular Hbond substituents is 2. The van der Waals surface area contributed by atoms with Gasteiger partial charge in [-0.1, -0.05) is 38.1 Å². The molecule has 10 N–H and O–H groups in total. The SMILES string of the molecule is CC(C)CC(NC(=O)C(N)Cc1ccc(O)cc1)C(=O)NC(Cc1ccc(O)cc1)C(=O)NC(CCC(N)=O)C(=O)O. The van der Waals surface area contributed by atoms with Gasteiger partial charge >= 0.3 is 5.97 Å². The number of phenols is 2. The molecule has 0 bridgehead atoms. The first kappa shape index (κ1) is 33.6. The Morgan fingerprint density at radius 1 is 0.714 bits per heavy atom. The number of primary amides is 1. The van der Waals surface area contributed by atoms with Gasteiger partial charge in [0, 0.05) is 12.8 Å². The first-order chi connectivity index (χ1) is 19.7. The minimum absolute atomic E-state index is 0.00969. The van der Waals surface area contributed by atoms with Crippen LogP contribution in [0.5, 0.6) is 11.5 Å². The summed E-state index contributed by atoms with van der Waals surface area (Å²) in [7, 11) is 0. The maximum atomic E-state index is 13.4. The van der Waals surface area contributed by atoms with E-state index in [1.54, 1.807) is 24.3 Å². The van der Waals surface area contributed by atoms with Crippen molar-refractivity contribution in [2.45, 2.75) is 70.1 Å². The monoisotopic (exact) mass is 585 g/mol. The molecule has 42 heavy (non-hydrogen) atoms. The van der Waals surface area contributed by atoms with E-state index in [-0.39, 0.29) is 49.5 Å². The number of amides is 4. The number of carbonyl (C=O) groups is 5. The van der Waals surface area contributed by atoms with Crippen LogP contribution in [-0.4, -0.2) is 69.1 Å². The van der Waals surface area contributed by atoms with Crippen molar-refractivity contribution in [3.05, 3.63) is 59.7 Å². The number of hydrogen-bond donors (Lipinski definition) is 8. The van der Waals surface area contributed by atoms with Gasteiger partial charge in [-0.3, -0.25) is 19.2 Å². The van der Waals surface area contributed by atoms with E-state index in [0.29, 0.717) is 11.1 Å². The van der Waals surface area contributed by atoms with Crippen LogP contribution in [0.15, 0.2) is 48.5 Å². The number of carbonyl (C=O) groups excluding carboxylic acids is 4. The lowest BCUT2D eigenvalue weighted by Gasteiger charge is -2.26. The van der Waals surface area contributed by atoms with Gasteiger partial charge in [0.05, 0.1) is 6.04 Å². The smallest absolute Gasteiger partial charge is 0.326 e. The molecule has 0 aliphatic carbocycles. The standard InChI is InChI=1S/C29H39N5O8/c1-16(2)13-23(33-26(38)21(30)14-17-3-7-19(35)8-4-17)27(39)34-24(15-18-5-9-20(36)10-6-18)28(40)32-22(29(41)42)11-12-25(31)37/h3-10,16,21-24,35-36H,11-15,30H2,1-2H3,(H2,31,37)(H,32,40)(H,33,38)(H,34,39)(H,41,42). The van der Waals surface area contributed by atoms with Gasteiger partial charge in [0.25, 0.3) is 0 Å². The van der Waals surface area contributed by atoms with Gasteiger partial charge in [-0.05, 0) is 60.6 Å². The van der Waals surface area contributed by atoms with E-state index in [9.17, 15) is 39.3 Å². The Kier molecular flexibility index (Phi) is 12.8. The summed E-state index contributed by atoms with van der Waals surface area (Å²) >= 11 is 0. The number of aliphatic carboxylic acids is 1. The third-order valence-corrected chi connectivity index (χ3v) is 6.37. The summed E-state index contributed by atoms with van der Waals surface area (Å²) in [5.41, 5.74) is 12.5. The molecule has 0 aliphatic heterocycles. The van der Waals surface area contributed by atoms with Crippen LogP contribution in [0.4, 0.5) is 0 Å². The second-order valence-corrected chi connectivity index (χ2v) is 10.5. The largest absolute Gasteiger partial charge is 0.508 e. The topological polar surface area (TPSA) is 234 Å². The summed E-state index contributed by atoms with van der Waals surface area (Å²) in [6.07, 6.45) is -0.230. The minimum atomic E-state index is -1.44. The molecule has 13 heteroatoms. The van der Waals surface area contributed by atoms with Gasteiger partial charge in [0.15, 0.2) is 0 Å². The summed E-state index contributed by atoms with van der Waals surface area (Å²) in [6.45, 7) is 3.69. The van der Waals surface area contributed by atoms with E-state index < -0.39 is 53.8 Å². The van der Waals surface area contributed by atoms with E-state index in [2.05, 4.69) is 16.0 Å². The molecule has 4 atom stereocenters. The number of aromatic hydroxyl groups is 2. The van der Waals surface area contributed by atoms with Crippen LogP contribution < -0.4 is 27.4 Å². The van der Waals surface area contributed by atoms with Crippen molar-refractivity contribution >= 4 is 29.6 Å². The number of carboxylic acids is 1. The van der Waals surface area contributed by atoms with Crippen LogP contribution in [0, 0.1) is 5.92 Å².